The lowest BCUT2D eigenvalue weighted by atomic mass is 10.0. The van der Waals surface area contributed by atoms with Gasteiger partial charge in [0.15, 0.2) is 0 Å². The van der Waals surface area contributed by atoms with Gasteiger partial charge < -0.3 is 24.5 Å². The highest BCUT2D eigenvalue weighted by atomic mass is 32.2. The van der Waals surface area contributed by atoms with Gasteiger partial charge in [-0.2, -0.15) is 0 Å². The summed E-state index contributed by atoms with van der Waals surface area (Å²) in [6, 6.07) is 1.85. The second kappa shape index (κ2) is 9.93. The van der Waals surface area contributed by atoms with E-state index in [1.165, 1.54) is 0 Å². The lowest BCUT2D eigenvalue weighted by molar-refractivity contribution is 0.0284. The number of hydrogen-bond donors (Lipinski definition) is 1. The van der Waals surface area contributed by atoms with Crippen molar-refractivity contribution in [2.24, 2.45) is 5.92 Å². The van der Waals surface area contributed by atoms with E-state index in [0.29, 0.717) is 25.6 Å². The highest BCUT2D eigenvalue weighted by molar-refractivity contribution is 7.98. The average Bonchev–Trinajstić information content (AvgIpc) is 3.20. The minimum atomic E-state index is -0.894. The lowest BCUT2D eigenvalue weighted by Gasteiger charge is -2.38. The molecule has 3 rings (SSSR count). The molecule has 0 radical (unpaired) electrons. The molecule has 1 unspecified atom stereocenters. The van der Waals surface area contributed by atoms with Crippen LogP contribution in [0.15, 0.2) is 17.3 Å². The Bertz CT molecular complexity index is 779. The summed E-state index contributed by atoms with van der Waals surface area (Å²) in [5, 5.41) is 10.8. The number of carboxylic acid groups (broad SMARTS) is 1. The highest BCUT2D eigenvalue weighted by Crippen LogP contribution is 2.25. The zero-order chi connectivity index (χ0) is 22.6. The van der Waals surface area contributed by atoms with Crippen LogP contribution in [0, 0.1) is 5.92 Å². The molecule has 1 N–H and O–H groups in total. The molecule has 2 aliphatic rings. The number of amides is 2. The van der Waals surface area contributed by atoms with Crippen LogP contribution in [0.3, 0.4) is 0 Å². The molecule has 1 atom stereocenters. The maximum Gasteiger partial charge on any atom is 0.410 e. The normalized spacial score (nSPS) is 20.1. The van der Waals surface area contributed by atoms with Gasteiger partial charge in [0.1, 0.15) is 10.6 Å². The number of anilines is 1. The molecule has 9 nitrogen and oxygen atoms in total. The fourth-order valence-corrected chi connectivity index (χ4v) is 4.48. The molecule has 0 aliphatic carbocycles. The summed E-state index contributed by atoms with van der Waals surface area (Å²) in [7, 11) is 0. The topological polar surface area (TPSA) is 99.1 Å². The number of carbonyl (C=O) groups excluding carboxylic acids is 1. The van der Waals surface area contributed by atoms with Gasteiger partial charge in [-0.3, -0.25) is 0 Å². The molecule has 2 amide bonds. The summed E-state index contributed by atoms with van der Waals surface area (Å²) in [5.74, 6) is 0.833. The van der Waals surface area contributed by atoms with Gasteiger partial charge in [-0.25, -0.2) is 19.6 Å². The molecule has 2 saturated heterocycles. The Morgan fingerprint density at radius 3 is 2.58 bits per heavy atom. The molecule has 0 bridgehead atoms. The van der Waals surface area contributed by atoms with E-state index in [4.69, 9.17) is 4.74 Å². The van der Waals surface area contributed by atoms with Crippen molar-refractivity contribution in [1.29, 1.82) is 0 Å². The molecule has 0 spiro atoms. The Hall–Kier alpha value is -2.23. The second-order valence-electron chi connectivity index (χ2n) is 9.13. The molecule has 1 aromatic heterocycles. The first kappa shape index (κ1) is 23.4. The number of hydrogen-bond acceptors (Lipinski definition) is 7. The van der Waals surface area contributed by atoms with Crippen molar-refractivity contribution < 1.29 is 19.4 Å². The SMILES string of the molecule is CSc1ccnc(N2CCC(N(CC3CCN(C(=O)OC(C)(C)C)C3)C(=O)O)CC2)n1. The average molecular weight is 452 g/mol. The van der Waals surface area contributed by atoms with E-state index in [1.807, 2.05) is 33.1 Å². The predicted molar refractivity (Wildman–Crippen MR) is 120 cm³/mol. The van der Waals surface area contributed by atoms with Crippen LogP contribution in [0.5, 0.6) is 0 Å². The Morgan fingerprint density at radius 2 is 1.97 bits per heavy atom. The minimum Gasteiger partial charge on any atom is -0.465 e. The zero-order valence-electron chi connectivity index (χ0n) is 18.8. The van der Waals surface area contributed by atoms with Crippen molar-refractivity contribution in [2.45, 2.75) is 56.7 Å². The molecule has 10 heteroatoms. The predicted octanol–water partition coefficient (Wildman–Crippen LogP) is 3.40. The Labute approximate surface area is 188 Å². The van der Waals surface area contributed by atoms with Gasteiger partial charge in [0.25, 0.3) is 0 Å². The van der Waals surface area contributed by atoms with Crippen molar-refractivity contribution >= 4 is 29.9 Å². The van der Waals surface area contributed by atoms with Gasteiger partial charge in [0.2, 0.25) is 5.95 Å². The van der Waals surface area contributed by atoms with Gasteiger partial charge in [-0.15, -0.1) is 11.8 Å². The van der Waals surface area contributed by atoms with E-state index in [0.717, 1.165) is 37.4 Å². The van der Waals surface area contributed by atoms with Crippen LogP contribution in [-0.2, 0) is 4.74 Å². The minimum absolute atomic E-state index is 0.0342. The molecule has 172 valence electrons. The molecular weight excluding hydrogens is 418 g/mol. The van der Waals surface area contributed by atoms with Gasteiger partial charge in [-0.05, 0) is 58.3 Å². The van der Waals surface area contributed by atoms with E-state index in [2.05, 4.69) is 14.9 Å². The fourth-order valence-electron chi connectivity index (χ4n) is 4.11. The molecule has 1 aromatic rings. The molecule has 0 aromatic carbocycles. The van der Waals surface area contributed by atoms with Gasteiger partial charge >= 0.3 is 12.2 Å². The number of piperidine rings is 1. The number of thioether (sulfide) groups is 1. The molecular formula is C21H33N5O4S. The maximum atomic E-state index is 12.3. The summed E-state index contributed by atoms with van der Waals surface area (Å²) >= 11 is 1.58. The van der Waals surface area contributed by atoms with E-state index in [1.54, 1.807) is 27.8 Å². The summed E-state index contributed by atoms with van der Waals surface area (Å²) < 4.78 is 5.45. The van der Waals surface area contributed by atoms with E-state index >= 15 is 0 Å². The standard InChI is InChI=1S/C21H33N5O4S/c1-21(2,3)30-20(29)25-10-6-15(13-25)14-26(19(27)28)16-7-11-24(12-8-16)18-22-9-5-17(23-18)31-4/h5,9,15-16H,6-8,10-14H2,1-4H3,(H,27,28). The Morgan fingerprint density at radius 1 is 1.26 bits per heavy atom. The van der Waals surface area contributed by atoms with Crippen LogP contribution in [0.1, 0.15) is 40.0 Å². The second-order valence-corrected chi connectivity index (χ2v) is 9.96. The van der Waals surface area contributed by atoms with Gasteiger partial charge in [0, 0.05) is 45.0 Å². The van der Waals surface area contributed by atoms with Crippen molar-refractivity contribution in [1.82, 2.24) is 19.8 Å². The van der Waals surface area contributed by atoms with Gasteiger partial charge in [0.05, 0.1) is 0 Å². The number of carbonyl (C=O) groups is 2. The number of nitrogens with zero attached hydrogens (tertiary/aromatic N) is 5. The van der Waals surface area contributed by atoms with E-state index < -0.39 is 11.7 Å². The van der Waals surface area contributed by atoms with Crippen LogP contribution in [-0.4, -0.2) is 87.7 Å². The summed E-state index contributed by atoms with van der Waals surface area (Å²) in [5.41, 5.74) is -0.532. The van der Waals surface area contributed by atoms with Crippen molar-refractivity contribution in [3.05, 3.63) is 12.3 Å². The van der Waals surface area contributed by atoms with Crippen molar-refractivity contribution in [3.8, 4) is 0 Å². The van der Waals surface area contributed by atoms with Gasteiger partial charge in [-0.1, -0.05) is 0 Å². The largest absolute Gasteiger partial charge is 0.465 e. The highest BCUT2D eigenvalue weighted by Gasteiger charge is 2.35. The van der Waals surface area contributed by atoms with Crippen molar-refractivity contribution in [2.75, 3.05) is 43.9 Å². The molecule has 0 saturated carbocycles. The van der Waals surface area contributed by atoms with Crippen LogP contribution < -0.4 is 4.90 Å². The first-order valence-corrected chi connectivity index (χ1v) is 12.0. The first-order valence-electron chi connectivity index (χ1n) is 10.8. The lowest BCUT2D eigenvalue weighted by Crippen LogP contribution is -2.49. The summed E-state index contributed by atoms with van der Waals surface area (Å²) in [6.45, 7) is 8.57. The Kier molecular flexibility index (Phi) is 7.51. The number of likely N-dealkylation sites (tertiary alicyclic amines) is 1. The Balaban J connectivity index is 1.54. The third-order valence-corrected chi connectivity index (χ3v) is 6.30. The number of ether oxygens (including phenoxy) is 1. The molecule has 2 aliphatic heterocycles. The molecule has 2 fully saturated rings. The summed E-state index contributed by atoms with van der Waals surface area (Å²) in [6.07, 6.45) is 4.80. The third-order valence-electron chi connectivity index (χ3n) is 5.65. The van der Waals surface area contributed by atoms with Crippen LogP contribution in [0.25, 0.3) is 0 Å². The monoisotopic (exact) mass is 451 g/mol. The summed E-state index contributed by atoms with van der Waals surface area (Å²) in [4.78, 5) is 38.6. The number of aromatic nitrogens is 2. The molecule has 31 heavy (non-hydrogen) atoms. The van der Waals surface area contributed by atoms with Crippen molar-refractivity contribution in [3.63, 3.8) is 0 Å². The van der Waals surface area contributed by atoms with E-state index in [9.17, 15) is 14.7 Å². The smallest absolute Gasteiger partial charge is 0.410 e. The maximum absolute atomic E-state index is 12.3. The quantitative estimate of drug-likeness (QED) is 0.537. The van der Waals surface area contributed by atoms with Crippen LogP contribution >= 0.6 is 11.8 Å². The van der Waals surface area contributed by atoms with E-state index in [-0.39, 0.29) is 18.1 Å². The first-order chi connectivity index (χ1) is 14.7. The van der Waals surface area contributed by atoms with Crippen LogP contribution in [0.2, 0.25) is 0 Å². The zero-order valence-corrected chi connectivity index (χ0v) is 19.6. The fraction of sp³-hybridized carbons (Fsp3) is 0.714. The molecule has 3 heterocycles. The third kappa shape index (κ3) is 6.38. The van der Waals surface area contributed by atoms with Crippen LogP contribution in [0.4, 0.5) is 15.5 Å². The number of rotatable bonds is 5.